The van der Waals surface area contributed by atoms with Crippen molar-refractivity contribution in [3.05, 3.63) is 59.9 Å². The van der Waals surface area contributed by atoms with Gasteiger partial charge in [-0.3, -0.25) is 9.69 Å². The molecule has 3 fully saturated rings. The van der Waals surface area contributed by atoms with Crippen LogP contribution in [-0.4, -0.2) is 57.5 Å². The lowest BCUT2D eigenvalue weighted by atomic mass is 9.74. The second-order valence-corrected chi connectivity index (χ2v) is 8.98. The Balaban J connectivity index is 1.32. The van der Waals surface area contributed by atoms with Crippen molar-refractivity contribution in [2.45, 2.75) is 44.2 Å². The Morgan fingerprint density at radius 3 is 2.76 bits per heavy atom. The molecule has 29 heavy (non-hydrogen) atoms. The molecule has 2 bridgehead atoms. The van der Waals surface area contributed by atoms with Gasteiger partial charge in [0.05, 0.1) is 0 Å². The minimum absolute atomic E-state index is 0.0181. The van der Waals surface area contributed by atoms with Crippen molar-refractivity contribution in [2.75, 3.05) is 19.6 Å². The molecule has 1 aromatic heterocycles. The summed E-state index contributed by atoms with van der Waals surface area (Å²) in [5.74, 6) is 0.894. The summed E-state index contributed by atoms with van der Waals surface area (Å²) < 4.78 is 0. The summed E-state index contributed by atoms with van der Waals surface area (Å²) in [5.41, 5.74) is 1.62. The van der Waals surface area contributed by atoms with Crippen LogP contribution in [-0.2, 0) is 6.42 Å². The molecule has 0 spiro atoms. The average Bonchev–Trinajstić information content (AvgIpc) is 2.75. The largest absolute Gasteiger partial charge is 0.505 e. The summed E-state index contributed by atoms with van der Waals surface area (Å²) >= 11 is 0. The molecule has 1 amide bonds. The molecule has 3 aliphatic rings. The number of carbonyl (C=O) groups is 1. The van der Waals surface area contributed by atoms with E-state index < -0.39 is 0 Å². The third kappa shape index (κ3) is 3.64. The van der Waals surface area contributed by atoms with Crippen LogP contribution < -0.4 is 0 Å². The first kappa shape index (κ1) is 18.6. The number of nitrogens with zero attached hydrogens (tertiary/aromatic N) is 3. The summed E-state index contributed by atoms with van der Waals surface area (Å²) in [6.45, 7) is 2.63. The van der Waals surface area contributed by atoms with Gasteiger partial charge in [0, 0.05) is 37.9 Å². The monoisotopic (exact) mass is 391 g/mol. The van der Waals surface area contributed by atoms with E-state index in [0.29, 0.717) is 23.9 Å². The fourth-order valence-electron chi connectivity index (χ4n) is 5.89. The highest BCUT2D eigenvalue weighted by Crippen LogP contribution is 2.40. The SMILES string of the molecule is O=C(c1ncccc1O)N1C[C@@H]2C[C@H](C1)[C@@H]1CCC[C@H](Cc3ccccc3)N1C2. The van der Waals surface area contributed by atoms with Crippen LogP contribution in [0.5, 0.6) is 5.75 Å². The fraction of sp³-hybridized carbons (Fsp3) is 0.500. The summed E-state index contributed by atoms with van der Waals surface area (Å²) in [6.07, 6.45) is 7.71. The van der Waals surface area contributed by atoms with E-state index in [-0.39, 0.29) is 17.4 Å². The molecular formula is C24H29N3O2. The van der Waals surface area contributed by atoms with Crippen LogP contribution in [0.15, 0.2) is 48.7 Å². The maximum absolute atomic E-state index is 13.0. The predicted octanol–water partition coefficient (Wildman–Crippen LogP) is 3.34. The van der Waals surface area contributed by atoms with Gasteiger partial charge in [-0.15, -0.1) is 0 Å². The van der Waals surface area contributed by atoms with Crippen LogP contribution in [0.1, 0.15) is 41.7 Å². The molecule has 0 saturated carbocycles. The summed E-state index contributed by atoms with van der Waals surface area (Å²) in [4.78, 5) is 21.9. The topological polar surface area (TPSA) is 56.7 Å². The van der Waals surface area contributed by atoms with Crippen LogP contribution in [0.3, 0.4) is 0 Å². The number of aromatic hydroxyl groups is 1. The van der Waals surface area contributed by atoms with Gasteiger partial charge >= 0.3 is 0 Å². The minimum Gasteiger partial charge on any atom is -0.505 e. The molecule has 5 rings (SSSR count). The lowest BCUT2D eigenvalue weighted by molar-refractivity contribution is -0.0500. The summed E-state index contributed by atoms with van der Waals surface area (Å²) in [6, 6.07) is 15.2. The van der Waals surface area contributed by atoms with Crippen molar-refractivity contribution in [3.63, 3.8) is 0 Å². The van der Waals surface area contributed by atoms with E-state index in [1.165, 1.54) is 31.2 Å². The summed E-state index contributed by atoms with van der Waals surface area (Å²) in [7, 11) is 0. The molecule has 5 heteroatoms. The van der Waals surface area contributed by atoms with Gasteiger partial charge in [0.2, 0.25) is 0 Å². The molecule has 0 aliphatic carbocycles. The number of rotatable bonds is 3. The van der Waals surface area contributed by atoms with E-state index in [0.717, 1.165) is 26.1 Å². The molecule has 4 heterocycles. The van der Waals surface area contributed by atoms with E-state index in [1.54, 1.807) is 18.3 Å². The van der Waals surface area contributed by atoms with Crippen LogP contribution in [0.4, 0.5) is 0 Å². The van der Waals surface area contributed by atoms with Crippen molar-refractivity contribution in [1.82, 2.24) is 14.8 Å². The molecule has 0 unspecified atom stereocenters. The Hall–Kier alpha value is -2.40. The Morgan fingerprint density at radius 2 is 1.93 bits per heavy atom. The minimum atomic E-state index is -0.122. The molecule has 1 N–H and O–H groups in total. The van der Waals surface area contributed by atoms with E-state index in [4.69, 9.17) is 0 Å². The Kier molecular flexibility index (Phi) is 5.00. The standard InChI is InChI=1S/C24H29N3O2/c28-22-10-5-11-25-23(22)24(29)26-14-18-12-19(16-26)21-9-4-8-20(27(21)15-18)13-17-6-2-1-3-7-17/h1-3,5-7,10-11,18-21,28H,4,8-9,12-16H2/t18-,19+,20+,21-/m0/s1. The maximum Gasteiger partial charge on any atom is 0.276 e. The number of carbonyl (C=O) groups excluding carboxylic acids is 1. The molecule has 152 valence electrons. The van der Waals surface area contributed by atoms with Crippen molar-refractivity contribution < 1.29 is 9.90 Å². The Morgan fingerprint density at radius 1 is 1.07 bits per heavy atom. The first-order valence-corrected chi connectivity index (χ1v) is 10.9. The molecule has 5 nitrogen and oxygen atoms in total. The third-order valence-corrected chi connectivity index (χ3v) is 7.11. The highest BCUT2D eigenvalue weighted by Gasteiger charge is 2.45. The molecule has 4 atom stereocenters. The number of aromatic nitrogens is 1. The van der Waals surface area contributed by atoms with Gasteiger partial charge in [-0.05, 0) is 55.2 Å². The highest BCUT2D eigenvalue weighted by atomic mass is 16.3. The molecule has 3 aliphatic heterocycles. The zero-order valence-electron chi connectivity index (χ0n) is 16.8. The van der Waals surface area contributed by atoms with Crippen LogP contribution >= 0.6 is 0 Å². The zero-order chi connectivity index (χ0) is 19.8. The van der Waals surface area contributed by atoms with Crippen LogP contribution in [0.25, 0.3) is 0 Å². The second-order valence-electron chi connectivity index (χ2n) is 8.98. The van der Waals surface area contributed by atoms with Crippen molar-refractivity contribution in [3.8, 4) is 5.75 Å². The number of likely N-dealkylation sites (tertiary alicyclic amines) is 1. The van der Waals surface area contributed by atoms with Gasteiger partial charge in [0.15, 0.2) is 5.69 Å². The van der Waals surface area contributed by atoms with Crippen LogP contribution in [0, 0.1) is 11.8 Å². The average molecular weight is 392 g/mol. The number of benzene rings is 1. The number of pyridine rings is 1. The number of fused-ring (bicyclic) bond motifs is 4. The van der Waals surface area contributed by atoms with Gasteiger partial charge in [-0.2, -0.15) is 0 Å². The van der Waals surface area contributed by atoms with Crippen molar-refractivity contribution in [2.24, 2.45) is 11.8 Å². The smallest absolute Gasteiger partial charge is 0.276 e. The number of hydrogen-bond donors (Lipinski definition) is 1. The second kappa shape index (κ2) is 7.79. The van der Waals surface area contributed by atoms with Crippen LogP contribution in [0.2, 0.25) is 0 Å². The lowest BCUT2D eigenvalue weighted by Gasteiger charge is -2.55. The molecule has 0 radical (unpaired) electrons. The first-order chi connectivity index (χ1) is 14.2. The van der Waals surface area contributed by atoms with Crippen molar-refractivity contribution >= 4 is 5.91 Å². The van der Waals surface area contributed by atoms with Gasteiger partial charge in [0.1, 0.15) is 5.75 Å². The number of piperidine rings is 3. The Bertz CT molecular complexity index is 871. The quantitative estimate of drug-likeness (QED) is 0.872. The molecule has 1 aromatic carbocycles. The molecule has 3 saturated heterocycles. The third-order valence-electron chi connectivity index (χ3n) is 7.11. The number of hydrogen-bond acceptors (Lipinski definition) is 4. The number of amides is 1. The van der Waals surface area contributed by atoms with E-state index >= 15 is 0 Å². The first-order valence-electron chi connectivity index (χ1n) is 10.9. The van der Waals surface area contributed by atoms with E-state index in [9.17, 15) is 9.90 Å². The fourth-order valence-corrected chi connectivity index (χ4v) is 5.89. The van der Waals surface area contributed by atoms with Gasteiger partial charge in [-0.1, -0.05) is 36.8 Å². The van der Waals surface area contributed by atoms with E-state index in [2.05, 4.69) is 40.2 Å². The Labute approximate surface area is 172 Å². The van der Waals surface area contributed by atoms with Crippen molar-refractivity contribution in [1.29, 1.82) is 0 Å². The van der Waals surface area contributed by atoms with E-state index in [1.807, 2.05) is 4.90 Å². The maximum atomic E-state index is 13.0. The molecule has 2 aromatic rings. The summed E-state index contributed by atoms with van der Waals surface area (Å²) in [5, 5.41) is 10.1. The van der Waals surface area contributed by atoms with Gasteiger partial charge in [0.25, 0.3) is 5.91 Å². The predicted molar refractivity (Wildman–Crippen MR) is 112 cm³/mol. The van der Waals surface area contributed by atoms with Gasteiger partial charge < -0.3 is 10.0 Å². The molecular weight excluding hydrogens is 362 g/mol. The normalized spacial score (nSPS) is 29.3. The van der Waals surface area contributed by atoms with Gasteiger partial charge in [-0.25, -0.2) is 4.98 Å². The highest BCUT2D eigenvalue weighted by molar-refractivity contribution is 5.94. The zero-order valence-corrected chi connectivity index (χ0v) is 16.8. The lowest BCUT2D eigenvalue weighted by Crippen LogP contribution is -2.62.